The first-order valence-corrected chi connectivity index (χ1v) is 9.56. The Morgan fingerprint density at radius 2 is 1.93 bits per heavy atom. The van der Waals surface area contributed by atoms with Gasteiger partial charge in [-0.25, -0.2) is 0 Å². The molecule has 0 bridgehead atoms. The monoisotopic (exact) mass is 254 g/mol. The van der Waals surface area contributed by atoms with E-state index in [1.165, 1.54) is 0 Å². The lowest BCUT2D eigenvalue weighted by Gasteiger charge is -2.47. The van der Waals surface area contributed by atoms with E-state index in [0.29, 0.717) is 17.1 Å². The molecule has 0 N–H and O–H groups in total. The molecule has 1 heterocycles. The second-order valence-electron chi connectivity index (χ2n) is 5.33. The summed E-state index contributed by atoms with van der Waals surface area (Å²) in [5.74, 6) is 0. The van der Waals surface area contributed by atoms with Crippen LogP contribution in [0.15, 0.2) is 0 Å². The topological polar surface area (TPSA) is 9.23 Å². The van der Waals surface area contributed by atoms with E-state index in [-0.39, 0.29) is 0 Å². The van der Waals surface area contributed by atoms with Crippen molar-refractivity contribution in [1.82, 2.24) is 0 Å². The first-order valence-electron chi connectivity index (χ1n) is 5.26. The number of hydrogen-bond acceptors (Lipinski definition) is 1. The summed E-state index contributed by atoms with van der Waals surface area (Å²) in [5.41, 5.74) is 0.716. The molecule has 1 rings (SSSR count). The maximum atomic E-state index is 6.33. The maximum absolute atomic E-state index is 6.33. The summed E-state index contributed by atoms with van der Waals surface area (Å²) >= 11 is 12.7. The summed E-state index contributed by atoms with van der Waals surface area (Å²) in [5, 5.41) is 0. The molecule has 2 atom stereocenters. The van der Waals surface area contributed by atoms with Gasteiger partial charge in [0.2, 0.25) is 0 Å². The Hall–Kier alpha value is 0.757. The Bertz CT molecular complexity index is 201. The smallest absolute Gasteiger partial charge is 0.259 e. The molecule has 1 aliphatic heterocycles. The van der Waals surface area contributed by atoms with Gasteiger partial charge in [0.15, 0.2) is 0 Å². The van der Waals surface area contributed by atoms with E-state index in [2.05, 4.69) is 20.8 Å². The molecule has 1 saturated heterocycles. The molecule has 1 fully saturated rings. The quantitative estimate of drug-likeness (QED) is 0.544. The van der Waals surface area contributed by atoms with Gasteiger partial charge in [0.25, 0.3) is 6.69 Å². The van der Waals surface area contributed by atoms with Gasteiger partial charge in [0.05, 0.1) is 6.10 Å². The van der Waals surface area contributed by atoms with Crippen LogP contribution in [0.3, 0.4) is 0 Å². The van der Waals surface area contributed by atoms with Gasteiger partial charge < -0.3 is 4.74 Å². The van der Waals surface area contributed by atoms with E-state index < -0.39 is 6.69 Å². The molecular formula is C10H20Cl2OSi. The molecule has 0 aromatic heterocycles. The van der Waals surface area contributed by atoms with Crippen LogP contribution in [0.4, 0.5) is 0 Å². The van der Waals surface area contributed by atoms with Crippen LogP contribution in [0.2, 0.25) is 11.6 Å². The lowest BCUT2D eigenvalue weighted by molar-refractivity contribution is 0.0446. The van der Waals surface area contributed by atoms with Gasteiger partial charge >= 0.3 is 0 Å². The fourth-order valence-corrected chi connectivity index (χ4v) is 6.69. The van der Waals surface area contributed by atoms with Crippen LogP contribution in [0.5, 0.6) is 0 Å². The van der Waals surface area contributed by atoms with E-state index in [9.17, 15) is 0 Å². The number of rotatable bonds is 3. The highest BCUT2D eigenvalue weighted by Crippen LogP contribution is 2.54. The van der Waals surface area contributed by atoms with Gasteiger partial charge in [-0.15, -0.1) is 22.2 Å². The Labute approximate surface area is 97.5 Å². The third-order valence-corrected chi connectivity index (χ3v) is 7.89. The second-order valence-corrected chi connectivity index (χ2v) is 12.6. The Balaban J connectivity index is 2.53. The van der Waals surface area contributed by atoms with Crippen molar-refractivity contribution in [2.75, 3.05) is 6.61 Å². The van der Waals surface area contributed by atoms with Crippen molar-refractivity contribution in [3.05, 3.63) is 0 Å². The molecule has 0 aliphatic carbocycles. The van der Waals surface area contributed by atoms with Crippen LogP contribution < -0.4 is 0 Å². The molecule has 14 heavy (non-hydrogen) atoms. The molecule has 0 unspecified atom stereocenters. The largest absolute Gasteiger partial charge is 0.379 e. The van der Waals surface area contributed by atoms with Crippen LogP contribution >= 0.6 is 22.2 Å². The normalized spacial score (nSPS) is 31.3. The zero-order valence-electron chi connectivity index (χ0n) is 9.44. The van der Waals surface area contributed by atoms with Crippen molar-refractivity contribution >= 4 is 28.9 Å². The first kappa shape index (κ1) is 12.8. The van der Waals surface area contributed by atoms with E-state index in [1.807, 2.05) is 6.92 Å². The summed E-state index contributed by atoms with van der Waals surface area (Å²) in [7, 11) is 0. The minimum absolute atomic E-state index is 0.294. The third-order valence-electron chi connectivity index (χ3n) is 2.68. The van der Waals surface area contributed by atoms with Crippen LogP contribution in [0, 0.1) is 5.41 Å². The highest BCUT2D eigenvalue weighted by molar-refractivity contribution is 7.47. The van der Waals surface area contributed by atoms with Crippen molar-refractivity contribution in [1.29, 1.82) is 0 Å². The van der Waals surface area contributed by atoms with Gasteiger partial charge in [-0.05, 0) is 24.8 Å². The highest BCUT2D eigenvalue weighted by atomic mass is 35.7. The SMILES string of the molecule is CCO[C@H]1C[Si](Cl)(Cl)[C@@H]1CC(C)(C)C. The number of ether oxygens (including phenoxy) is 1. The van der Waals surface area contributed by atoms with Crippen molar-refractivity contribution < 1.29 is 4.74 Å². The molecule has 0 aromatic rings. The molecular weight excluding hydrogens is 235 g/mol. The average Bonchev–Trinajstić information content (AvgIpc) is 1.99. The minimum Gasteiger partial charge on any atom is -0.379 e. The van der Waals surface area contributed by atoms with Crippen molar-refractivity contribution in [2.45, 2.75) is 51.8 Å². The van der Waals surface area contributed by atoms with Gasteiger partial charge in [0, 0.05) is 12.1 Å². The molecule has 0 aromatic carbocycles. The number of halogens is 2. The van der Waals surface area contributed by atoms with Crippen molar-refractivity contribution in [2.24, 2.45) is 5.41 Å². The molecule has 0 saturated carbocycles. The molecule has 0 amide bonds. The van der Waals surface area contributed by atoms with Crippen molar-refractivity contribution in [3.63, 3.8) is 0 Å². The van der Waals surface area contributed by atoms with E-state index in [0.717, 1.165) is 19.1 Å². The average molecular weight is 255 g/mol. The van der Waals surface area contributed by atoms with E-state index in [1.54, 1.807) is 0 Å². The zero-order chi connectivity index (χ0) is 11.0. The van der Waals surface area contributed by atoms with E-state index >= 15 is 0 Å². The van der Waals surface area contributed by atoms with Gasteiger partial charge in [-0.2, -0.15) is 0 Å². The minimum atomic E-state index is -1.97. The summed E-state index contributed by atoms with van der Waals surface area (Å²) in [6.07, 6.45) is 1.40. The third kappa shape index (κ3) is 3.12. The Morgan fingerprint density at radius 1 is 1.36 bits per heavy atom. The molecule has 4 heteroatoms. The lowest BCUT2D eigenvalue weighted by Crippen LogP contribution is -2.51. The highest BCUT2D eigenvalue weighted by Gasteiger charge is 2.56. The molecule has 1 aliphatic rings. The van der Waals surface area contributed by atoms with Crippen LogP contribution in [-0.4, -0.2) is 19.4 Å². The molecule has 1 nitrogen and oxygen atoms in total. The molecule has 84 valence electrons. The van der Waals surface area contributed by atoms with Gasteiger partial charge in [-0.1, -0.05) is 20.8 Å². The fourth-order valence-electron chi connectivity index (χ4n) is 2.00. The molecule has 0 spiro atoms. The van der Waals surface area contributed by atoms with Crippen molar-refractivity contribution in [3.8, 4) is 0 Å². The summed E-state index contributed by atoms with van der Waals surface area (Å²) in [6, 6.07) is 0.907. The standard InChI is InChI=1S/C10H20Cl2OSi/c1-5-13-8-7-14(11,12)9(8)6-10(2,3)4/h8-9H,5-7H2,1-4H3/t8-,9+/m0/s1. The predicted molar refractivity (Wildman–Crippen MR) is 65.5 cm³/mol. The lowest BCUT2D eigenvalue weighted by atomic mass is 9.88. The first-order chi connectivity index (χ1) is 6.26. The zero-order valence-corrected chi connectivity index (χ0v) is 12.0. The Kier molecular flexibility index (Phi) is 3.96. The maximum Gasteiger partial charge on any atom is 0.259 e. The Morgan fingerprint density at radius 3 is 2.29 bits per heavy atom. The fraction of sp³-hybridized carbons (Fsp3) is 1.00. The summed E-state index contributed by atoms with van der Waals surface area (Å²) in [6.45, 7) is 7.51. The van der Waals surface area contributed by atoms with Gasteiger partial charge in [-0.3, -0.25) is 0 Å². The predicted octanol–water partition coefficient (Wildman–Crippen LogP) is 4.13. The molecule has 0 radical (unpaired) electrons. The van der Waals surface area contributed by atoms with Gasteiger partial charge in [0.1, 0.15) is 0 Å². The van der Waals surface area contributed by atoms with Crippen LogP contribution in [0.1, 0.15) is 34.1 Å². The van der Waals surface area contributed by atoms with E-state index in [4.69, 9.17) is 26.9 Å². The summed E-state index contributed by atoms with van der Waals surface area (Å²) < 4.78 is 5.64. The van der Waals surface area contributed by atoms with Crippen LogP contribution in [0.25, 0.3) is 0 Å². The summed E-state index contributed by atoms with van der Waals surface area (Å²) in [4.78, 5) is 0. The number of hydrogen-bond donors (Lipinski definition) is 0. The second kappa shape index (κ2) is 4.32. The van der Waals surface area contributed by atoms with Crippen LogP contribution in [-0.2, 0) is 4.74 Å².